The van der Waals surface area contributed by atoms with Gasteiger partial charge in [0, 0.05) is 6.47 Å². The highest BCUT2D eigenvalue weighted by Crippen LogP contribution is 2.08. The van der Waals surface area contributed by atoms with Gasteiger partial charge in [0.05, 0.1) is 27.7 Å². The number of rotatable bonds is 6. The molecule has 0 atom stereocenters. The summed E-state index contributed by atoms with van der Waals surface area (Å²) in [4.78, 5) is 8.25. The zero-order valence-electron chi connectivity index (χ0n) is 11.0. The Morgan fingerprint density at radius 3 is 1.93 bits per heavy atom. The van der Waals surface area contributed by atoms with Crippen molar-refractivity contribution in [3.8, 4) is 0 Å². The summed E-state index contributed by atoms with van der Waals surface area (Å²) in [5.41, 5.74) is 0. The average molecular weight is 217 g/mol. The number of hydrogen-bond donors (Lipinski definition) is 0. The Morgan fingerprint density at radius 2 is 1.60 bits per heavy atom. The summed E-state index contributed by atoms with van der Waals surface area (Å²) in [6, 6.07) is 0. The largest absolute Gasteiger partial charge is 0.554 e. The molecule has 3 heteroatoms. The fourth-order valence-electron chi connectivity index (χ4n) is 1.32. The Kier molecular flexibility index (Phi) is 11.2. The number of carboxylic acid groups (broad SMARTS) is 1. The molecular weight excluding hydrogens is 190 g/mol. The summed E-state index contributed by atoms with van der Waals surface area (Å²) in [6.07, 6.45) is 5.61. The van der Waals surface area contributed by atoms with Crippen LogP contribution in [0.25, 0.3) is 0 Å². The molecule has 0 aromatic heterocycles. The zero-order chi connectivity index (χ0) is 12.3. The van der Waals surface area contributed by atoms with Crippen LogP contribution < -0.4 is 5.11 Å². The van der Waals surface area contributed by atoms with Crippen LogP contribution in [0.3, 0.4) is 0 Å². The topological polar surface area (TPSA) is 40.1 Å². The number of nitrogens with zero attached hydrogens (tertiary/aromatic N) is 1. The number of carbonyl (C=O) groups excluding carboxylic acids is 1. The molecule has 0 bridgehead atoms. The van der Waals surface area contributed by atoms with Gasteiger partial charge in [-0.05, 0) is 18.8 Å². The van der Waals surface area contributed by atoms with E-state index >= 15 is 0 Å². The molecule has 0 heterocycles. The average Bonchev–Trinajstić information content (AvgIpc) is 2.02. The molecule has 0 aromatic rings. The van der Waals surface area contributed by atoms with E-state index in [1.807, 2.05) is 0 Å². The SMILES string of the molecule is CC(C)CCCCC[N+](C)(C)C.O=C[O-]. The van der Waals surface area contributed by atoms with E-state index < -0.39 is 6.47 Å². The van der Waals surface area contributed by atoms with Gasteiger partial charge in [0.2, 0.25) is 0 Å². The van der Waals surface area contributed by atoms with Gasteiger partial charge in [0.1, 0.15) is 0 Å². The van der Waals surface area contributed by atoms with Crippen LogP contribution in [0.4, 0.5) is 0 Å². The van der Waals surface area contributed by atoms with E-state index in [4.69, 9.17) is 9.90 Å². The second kappa shape index (κ2) is 9.97. The first-order chi connectivity index (χ1) is 6.83. The van der Waals surface area contributed by atoms with E-state index in [0.29, 0.717) is 0 Å². The van der Waals surface area contributed by atoms with Crippen molar-refractivity contribution < 1.29 is 14.4 Å². The summed E-state index contributed by atoms with van der Waals surface area (Å²) >= 11 is 0. The van der Waals surface area contributed by atoms with E-state index in [2.05, 4.69) is 35.0 Å². The third kappa shape index (κ3) is 24.7. The Labute approximate surface area is 94.7 Å². The normalized spacial score (nSPS) is 10.8. The van der Waals surface area contributed by atoms with Gasteiger partial charge in [-0.3, -0.25) is 0 Å². The van der Waals surface area contributed by atoms with Gasteiger partial charge < -0.3 is 14.4 Å². The lowest BCUT2D eigenvalue weighted by Crippen LogP contribution is -2.35. The third-order valence-electron chi connectivity index (χ3n) is 2.11. The van der Waals surface area contributed by atoms with Crippen LogP contribution in [0.5, 0.6) is 0 Å². The highest BCUT2D eigenvalue weighted by atomic mass is 16.3. The maximum atomic E-state index is 8.25. The van der Waals surface area contributed by atoms with Crippen LogP contribution in [0.15, 0.2) is 0 Å². The van der Waals surface area contributed by atoms with E-state index in [-0.39, 0.29) is 0 Å². The van der Waals surface area contributed by atoms with Crippen molar-refractivity contribution in [1.29, 1.82) is 0 Å². The molecule has 0 fully saturated rings. The summed E-state index contributed by atoms with van der Waals surface area (Å²) in [7, 11) is 6.80. The van der Waals surface area contributed by atoms with Crippen molar-refractivity contribution in [3.63, 3.8) is 0 Å². The summed E-state index contributed by atoms with van der Waals surface area (Å²) < 4.78 is 1.11. The number of quaternary nitrogens is 1. The fourth-order valence-corrected chi connectivity index (χ4v) is 1.32. The van der Waals surface area contributed by atoms with Gasteiger partial charge in [0.15, 0.2) is 0 Å². The Hall–Kier alpha value is -0.570. The molecule has 15 heavy (non-hydrogen) atoms. The van der Waals surface area contributed by atoms with Crippen LogP contribution in [0, 0.1) is 5.92 Å². The monoisotopic (exact) mass is 217 g/mol. The summed E-state index contributed by atoms with van der Waals surface area (Å²) in [6.45, 7) is 5.43. The Bertz CT molecular complexity index is 139. The van der Waals surface area contributed by atoms with E-state index in [1.54, 1.807) is 0 Å². The molecule has 0 aromatic carbocycles. The minimum Gasteiger partial charge on any atom is -0.554 e. The molecule has 0 rings (SSSR count). The number of hydrogen-bond acceptors (Lipinski definition) is 2. The van der Waals surface area contributed by atoms with Gasteiger partial charge in [-0.15, -0.1) is 0 Å². The molecule has 92 valence electrons. The minimum absolute atomic E-state index is 0.500. The molecule has 0 amide bonds. The molecule has 0 spiro atoms. The maximum Gasteiger partial charge on any atom is 0.0780 e. The summed E-state index contributed by atoms with van der Waals surface area (Å²) in [5, 5.41) is 8.25. The van der Waals surface area contributed by atoms with Crippen molar-refractivity contribution >= 4 is 6.47 Å². The lowest BCUT2D eigenvalue weighted by atomic mass is 10.1. The van der Waals surface area contributed by atoms with Gasteiger partial charge in [-0.2, -0.15) is 0 Å². The maximum absolute atomic E-state index is 8.25. The third-order valence-corrected chi connectivity index (χ3v) is 2.11. The van der Waals surface area contributed by atoms with Crippen LogP contribution in [-0.4, -0.2) is 38.6 Å². The Morgan fingerprint density at radius 1 is 1.13 bits per heavy atom. The number of unbranched alkanes of at least 4 members (excludes halogenated alkanes) is 2. The van der Waals surface area contributed by atoms with Crippen LogP contribution in [0.2, 0.25) is 0 Å². The van der Waals surface area contributed by atoms with E-state index in [1.165, 1.54) is 32.2 Å². The van der Waals surface area contributed by atoms with Gasteiger partial charge >= 0.3 is 0 Å². The van der Waals surface area contributed by atoms with Crippen molar-refractivity contribution in [3.05, 3.63) is 0 Å². The van der Waals surface area contributed by atoms with E-state index in [9.17, 15) is 0 Å². The van der Waals surface area contributed by atoms with Crippen molar-refractivity contribution in [2.45, 2.75) is 39.5 Å². The molecule has 0 aliphatic rings. The predicted octanol–water partition coefficient (Wildman–Crippen LogP) is 1.28. The molecule has 0 saturated heterocycles. The standard InChI is InChI=1S/C11H26N.CH2O2/c1-11(2)9-7-6-8-10-12(3,4)5;2-1-3/h11H,6-10H2,1-5H3;1H,(H,2,3)/q+1;/p-1. The van der Waals surface area contributed by atoms with Gasteiger partial charge in [-0.25, -0.2) is 0 Å². The predicted molar refractivity (Wildman–Crippen MR) is 62.3 cm³/mol. The highest BCUT2D eigenvalue weighted by Gasteiger charge is 2.05. The smallest absolute Gasteiger partial charge is 0.0780 e. The minimum atomic E-state index is -0.500. The van der Waals surface area contributed by atoms with Crippen LogP contribution in [0.1, 0.15) is 39.5 Å². The molecule has 0 saturated carbocycles. The van der Waals surface area contributed by atoms with Crippen molar-refractivity contribution in [1.82, 2.24) is 0 Å². The lowest BCUT2D eigenvalue weighted by molar-refractivity contribution is -0.870. The molecule has 0 aliphatic carbocycles. The van der Waals surface area contributed by atoms with Gasteiger partial charge in [0.25, 0.3) is 0 Å². The molecule has 3 nitrogen and oxygen atoms in total. The molecule has 0 aliphatic heterocycles. The molecule has 0 unspecified atom stereocenters. The zero-order valence-corrected chi connectivity index (χ0v) is 11.0. The second-order valence-electron chi connectivity index (χ2n) is 5.35. The van der Waals surface area contributed by atoms with Crippen LogP contribution in [-0.2, 0) is 4.79 Å². The molecule has 0 N–H and O–H groups in total. The first kappa shape index (κ1) is 16.8. The molecule has 0 radical (unpaired) electrons. The first-order valence-electron chi connectivity index (χ1n) is 5.69. The quantitative estimate of drug-likeness (QED) is 0.382. The highest BCUT2D eigenvalue weighted by molar-refractivity contribution is 5.29. The molecular formula is C12H27NO2. The van der Waals surface area contributed by atoms with Crippen LogP contribution >= 0.6 is 0 Å². The lowest BCUT2D eigenvalue weighted by Gasteiger charge is -2.23. The second-order valence-corrected chi connectivity index (χ2v) is 5.35. The Balaban J connectivity index is 0. The van der Waals surface area contributed by atoms with Gasteiger partial charge in [-0.1, -0.05) is 26.7 Å². The van der Waals surface area contributed by atoms with Crippen molar-refractivity contribution in [2.75, 3.05) is 27.7 Å². The number of carbonyl (C=O) groups is 1. The summed E-state index contributed by atoms with van der Waals surface area (Å²) in [5.74, 6) is 0.883. The van der Waals surface area contributed by atoms with E-state index in [0.717, 1.165) is 10.4 Å². The van der Waals surface area contributed by atoms with Crippen molar-refractivity contribution in [2.24, 2.45) is 5.92 Å². The first-order valence-corrected chi connectivity index (χ1v) is 5.69. The fraction of sp³-hybridized carbons (Fsp3) is 0.917.